The van der Waals surface area contributed by atoms with Gasteiger partial charge in [-0.05, 0) is 24.1 Å². The van der Waals surface area contributed by atoms with E-state index >= 15 is 0 Å². The van der Waals surface area contributed by atoms with Gasteiger partial charge in [0.1, 0.15) is 5.70 Å². The molecular weight excluding hydrogens is 260 g/mol. The molecule has 104 valence electrons. The van der Waals surface area contributed by atoms with Crippen LogP contribution in [0.1, 0.15) is 12.0 Å². The van der Waals surface area contributed by atoms with Gasteiger partial charge in [-0.25, -0.2) is 0 Å². The van der Waals surface area contributed by atoms with E-state index in [1.807, 2.05) is 71.6 Å². The summed E-state index contributed by atoms with van der Waals surface area (Å²) in [6.07, 6.45) is 4.67. The van der Waals surface area contributed by atoms with E-state index in [2.05, 4.69) is 6.08 Å². The highest BCUT2D eigenvalue weighted by Crippen LogP contribution is 2.33. The maximum Gasteiger partial charge on any atom is 0.265 e. The number of amides is 1. The molecule has 0 aliphatic carbocycles. The monoisotopic (exact) mass is 276 g/mol. The second-order valence-corrected chi connectivity index (χ2v) is 4.82. The highest BCUT2D eigenvalue weighted by Gasteiger charge is 2.23. The zero-order valence-electron chi connectivity index (χ0n) is 11.6. The second-order valence-electron chi connectivity index (χ2n) is 4.82. The molecule has 1 aliphatic heterocycles. The maximum absolute atomic E-state index is 11.8. The van der Waals surface area contributed by atoms with Crippen LogP contribution >= 0.6 is 0 Å². The lowest BCUT2D eigenvalue weighted by Crippen LogP contribution is -2.31. The molecule has 1 amide bonds. The van der Waals surface area contributed by atoms with Gasteiger partial charge in [-0.15, -0.1) is 0 Å². The smallest absolute Gasteiger partial charge is 0.265 e. The molecule has 0 atom stereocenters. The number of hydrogen-bond acceptors (Lipinski definition) is 2. The van der Waals surface area contributed by atoms with Crippen LogP contribution < -0.4 is 10.6 Å². The Bertz CT molecular complexity index is 703. The van der Waals surface area contributed by atoms with E-state index in [-0.39, 0.29) is 0 Å². The van der Waals surface area contributed by atoms with E-state index in [0.29, 0.717) is 12.1 Å². The van der Waals surface area contributed by atoms with Crippen molar-refractivity contribution in [2.45, 2.75) is 6.42 Å². The van der Waals surface area contributed by atoms with Gasteiger partial charge in [-0.3, -0.25) is 4.79 Å². The van der Waals surface area contributed by atoms with Crippen LogP contribution in [0.3, 0.4) is 0 Å². The molecular formula is C18H16N2O. The van der Waals surface area contributed by atoms with Gasteiger partial charge in [0, 0.05) is 11.4 Å². The summed E-state index contributed by atoms with van der Waals surface area (Å²) in [6.45, 7) is 0. The summed E-state index contributed by atoms with van der Waals surface area (Å²) in [7, 11) is 0. The van der Waals surface area contributed by atoms with Gasteiger partial charge < -0.3 is 10.6 Å². The lowest BCUT2D eigenvalue weighted by atomic mass is 10.0. The lowest BCUT2D eigenvalue weighted by molar-refractivity contribution is -0.114. The van der Waals surface area contributed by atoms with Crippen molar-refractivity contribution in [1.29, 1.82) is 0 Å². The largest absolute Gasteiger partial charge is 0.364 e. The molecule has 0 spiro atoms. The number of nitrogens with zero attached hydrogens (tertiary/aromatic N) is 1. The molecule has 0 aromatic heterocycles. The van der Waals surface area contributed by atoms with E-state index in [0.717, 1.165) is 16.9 Å². The quantitative estimate of drug-likeness (QED) is 0.935. The Balaban J connectivity index is 2.11. The van der Waals surface area contributed by atoms with Crippen LogP contribution in [0.15, 0.2) is 78.5 Å². The molecule has 2 N–H and O–H groups in total. The van der Waals surface area contributed by atoms with Crippen molar-refractivity contribution in [3.63, 3.8) is 0 Å². The van der Waals surface area contributed by atoms with Crippen molar-refractivity contribution in [2.75, 3.05) is 4.90 Å². The number of carbonyl (C=O) groups excluding carboxylic acids is 1. The molecule has 1 aliphatic rings. The number of hydrogen-bond donors (Lipinski definition) is 1. The average molecular weight is 276 g/mol. The van der Waals surface area contributed by atoms with Gasteiger partial charge >= 0.3 is 0 Å². The van der Waals surface area contributed by atoms with Crippen LogP contribution in [-0.4, -0.2) is 5.91 Å². The van der Waals surface area contributed by atoms with E-state index in [4.69, 9.17) is 5.73 Å². The molecule has 3 heteroatoms. The van der Waals surface area contributed by atoms with E-state index in [9.17, 15) is 4.79 Å². The minimum Gasteiger partial charge on any atom is -0.364 e. The molecule has 3 nitrogen and oxygen atoms in total. The molecule has 2 aromatic rings. The molecule has 0 fully saturated rings. The molecule has 0 saturated carbocycles. The molecule has 21 heavy (non-hydrogen) atoms. The first-order valence-electron chi connectivity index (χ1n) is 6.88. The van der Waals surface area contributed by atoms with Crippen LogP contribution in [0.5, 0.6) is 0 Å². The van der Waals surface area contributed by atoms with Gasteiger partial charge in [-0.1, -0.05) is 60.7 Å². The number of benzene rings is 2. The Morgan fingerprint density at radius 3 is 2.14 bits per heavy atom. The third kappa shape index (κ3) is 2.58. The SMILES string of the molecule is NC(=O)C1=CCC=C(c2ccccc2)N1c1ccccc1. The fourth-order valence-electron chi connectivity index (χ4n) is 2.52. The fraction of sp³-hybridized carbons (Fsp3) is 0.0556. The molecule has 0 saturated heterocycles. The predicted octanol–water partition coefficient (Wildman–Crippen LogP) is 3.31. The summed E-state index contributed by atoms with van der Waals surface area (Å²) in [4.78, 5) is 13.7. The highest BCUT2D eigenvalue weighted by molar-refractivity contribution is 6.02. The Morgan fingerprint density at radius 2 is 1.52 bits per heavy atom. The normalized spacial score (nSPS) is 14.4. The first-order chi connectivity index (χ1) is 10.3. The summed E-state index contributed by atoms with van der Waals surface area (Å²) >= 11 is 0. The Hall–Kier alpha value is -2.81. The van der Waals surface area contributed by atoms with Crippen LogP contribution in [0.4, 0.5) is 5.69 Å². The Kier molecular flexibility index (Phi) is 3.56. The van der Waals surface area contributed by atoms with Crippen molar-refractivity contribution in [2.24, 2.45) is 5.73 Å². The van der Waals surface area contributed by atoms with Crippen LogP contribution in [0, 0.1) is 0 Å². The molecule has 0 bridgehead atoms. The second kappa shape index (κ2) is 5.67. The molecule has 0 unspecified atom stereocenters. The summed E-state index contributed by atoms with van der Waals surface area (Å²) in [5, 5.41) is 0. The molecule has 1 heterocycles. The third-order valence-electron chi connectivity index (χ3n) is 3.44. The van der Waals surface area contributed by atoms with E-state index < -0.39 is 5.91 Å². The predicted molar refractivity (Wildman–Crippen MR) is 85.2 cm³/mol. The number of para-hydroxylation sites is 1. The van der Waals surface area contributed by atoms with Crippen molar-refractivity contribution in [1.82, 2.24) is 0 Å². The number of nitrogens with two attached hydrogens (primary N) is 1. The van der Waals surface area contributed by atoms with Gasteiger partial charge in [0.2, 0.25) is 0 Å². The topological polar surface area (TPSA) is 46.3 Å². The average Bonchev–Trinajstić information content (AvgIpc) is 2.55. The van der Waals surface area contributed by atoms with Gasteiger partial charge in [-0.2, -0.15) is 0 Å². The van der Waals surface area contributed by atoms with E-state index in [1.54, 1.807) is 0 Å². The fourth-order valence-corrected chi connectivity index (χ4v) is 2.52. The summed E-state index contributed by atoms with van der Waals surface area (Å²) in [6, 6.07) is 19.8. The highest BCUT2D eigenvalue weighted by atomic mass is 16.1. The van der Waals surface area contributed by atoms with Crippen molar-refractivity contribution in [3.8, 4) is 0 Å². The van der Waals surface area contributed by atoms with Gasteiger partial charge in [0.15, 0.2) is 0 Å². The van der Waals surface area contributed by atoms with Crippen LogP contribution in [-0.2, 0) is 4.79 Å². The molecule has 2 aromatic carbocycles. The lowest BCUT2D eigenvalue weighted by Gasteiger charge is -2.31. The standard InChI is InChI=1S/C18H16N2O/c19-18(21)17-13-7-12-16(14-8-3-1-4-9-14)20(17)15-10-5-2-6-11-15/h1-6,8-13H,7H2,(H2,19,21). The summed E-state index contributed by atoms with van der Waals surface area (Å²) < 4.78 is 0. The maximum atomic E-state index is 11.8. The zero-order valence-corrected chi connectivity index (χ0v) is 11.6. The third-order valence-corrected chi connectivity index (χ3v) is 3.44. The van der Waals surface area contributed by atoms with Crippen LogP contribution in [0.2, 0.25) is 0 Å². The zero-order chi connectivity index (χ0) is 14.7. The number of rotatable bonds is 3. The van der Waals surface area contributed by atoms with Gasteiger partial charge in [0.25, 0.3) is 5.91 Å². The first kappa shape index (κ1) is 13.2. The number of allylic oxidation sites excluding steroid dienone is 2. The minimum absolute atomic E-state index is 0.416. The Morgan fingerprint density at radius 1 is 0.905 bits per heavy atom. The van der Waals surface area contributed by atoms with Gasteiger partial charge in [0.05, 0.1) is 0 Å². The minimum atomic E-state index is -0.416. The summed E-state index contributed by atoms with van der Waals surface area (Å²) in [5.74, 6) is -0.416. The number of carbonyl (C=O) groups is 1. The number of anilines is 1. The van der Waals surface area contributed by atoms with E-state index in [1.165, 1.54) is 0 Å². The van der Waals surface area contributed by atoms with Crippen LogP contribution in [0.25, 0.3) is 5.70 Å². The Labute approximate surface area is 124 Å². The van der Waals surface area contributed by atoms with Crippen molar-refractivity contribution in [3.05, 3.63) is 84.1 Å². The first-order valence-corrected chi connectivity index (χ1v) is 6.88. The van der Waals surface area contributed by atoms with Crippen molar-refractivity contribution < 1.29 is 4.79 Å². The van der Waals surface area contributed by atoms with Crippen molar-refractivity contribution >= 4 is 17.3 Å². The summed E-state index contributed by atoms with van der Waals surface area (Å²) in [5.41, 5.74) is 9.05. The molecule has 0 radical (unpaired) electrons. The number of primary amides is 1. The molecule has 3 rings (SSSR count).